The maximum Gasteiger partial charge on any atom is 0.243 e. The number of hydrogen-bond acceptors (Lipinski definition) is 4. The van der Waals surface area contributed by atoms with Gasteiger partial charge >= 0.3 is 0 Å². The van der Waals surface area contributed by atoms with Gasteiger partial charge in [-0.1, -0.05) is 25.5 Å². The second kappa shape index (κ2) is 8.60. The Morgan fingerprint density at radius 1 is 1.12 bits per heavy atom. The molecule has 1 aliphatic heterocycles. The Bertz CT molecular complexity index is 636. The van der Waals surface area contributed by atoms with Crippen LogP contribution in [-0.2, 0) is 21.2 Å². The Hall–Kier alpha value is -1.44. The summed E-state index contributed by atoms with van der Waals surface area (Å²) in [6.45, 7) is 7.30. The predicted octanol–water partition coefficient (Wildman–Crippen LogP) is 1.08. The summed E-state index contributed by atoms with van der Waals surface area (Å²) in [5.74, 6) is -0.0391. The zero-order valence-electron chi connectivity index (χ0n) is 14.5. The van der Waals surface area contributed by atoms with Crippen molar-refractivity contribution in [2.75, 3.05) is 39.3 Å². The van der Waals surface area contributed by atoms with Crippen molar-refractivity contribution in [2.24, 2.45) is 0 Å². The van der Waals surface area contributed by atoms with E-state index in [-0.39, 0.29) is 5.91 Å². The van der Waals surface area contributed by atoms with E-state index < -0.39 is 10.0 Å². The predicted molar refractivity (Wildman–Crippen MR) is 94.3 cm³/mol. The summed E-state index contributed by atoms with van der Waals surface area (Å²) in [4.78, 5) is 13.4. The summed E-state index contributed by atoms with van der Waals surface area (Å²) in [5, 5.41) is 2.76. The van der Waals surface area contributed by atoms with E-state index in [2.05, 4.69) is 17.1 Å². The molecule has 1 fully saturated rings. The summed E-state index contributed by atoms with van der Waals surface area (Å²) in [6, 6.07) is 7.23. The van der Waals surface area contributed by atoms with E-state index in [4.69, 9.17) is 0 Å². The smallest absolute Gasteiger partial charge is 0.243 e. The molecular weight excluding hydrogens is 326 g/mol. The van der Waals surface area contributed by atoms with Crippen LogP contribution in [0.25, 0.3) is 0 Å². The third-order valence-corrected chi connectivity index (χ3v) is 6.15. The number of benzene rings is 1. The lowest BCUT2D eigenvalue weighted by Gasteiger charge is -2.33. The lowest BCUT2D eigenvalue weighted by Crippen LogP contribution is -2.50. The molecule has 6 nitrogen and oxygen atoms in total. The van der Waals surface area contributed by atoms with Crippen molar-refractivity contribution in [1.29, 1.82) is 0 Å². The van der Waals surface area contributed by atoms with Crippen molar-refractivity contribution >= 4 is 15.9 Å². The Morgan fingerprint density at radius 3 is 2.29 bits per heavy atom. The first-order valence-corrected chi connectivity index (χ1v) is 9.93. The molecule has 1 amide bonds. The Balaban J connectivity index is 1.91. The molecule has 1 heterocycles. The van der Waals surface area contributed by atoms with Crippen molar-refractivity contribution < 1.29 is 13.2 Å². The van der Waals surface area contributed by atoms with E-state index in [1.807, 2.05) is 12.1 Å². The molecule has 7 heteroatoms. The van der Waals surface area contributed by atoms with Crippen LogP contribution in [0.5, 0.6) is 0 Å². The van der Waals surface area contributed by atoms with Gasteiger partial charge in [-0.25, -0.2) is 8.42 Å². The molecule has 0 unspecified atom stereocenters. The number of rotatable bonds is 7. The van der Waals surface area contributed by atoms with Crippen LogP contribution < -0.4 is 5.32 Å². The van der Waals surface area contributed by atoms with E-state index in [1.54, 1.807) is 16.4 Å². The second-order valence-corrected chi connectivity index (χ2v) is 8.06. The van der Waals surface area contributed by atoms with Gasteiger partial charge in [-0.3, -0.25) is 9.69 Å². The summed E-state index contributed by atoms with van der Waals surface area (Å²) in [7, 11) is -3.41. The highest BCUT2D eigenvalue weighted by atomic mass is 32.2. The molecule has 24 heavy (non-hydrogen) atoms. The van der Waals surface area contributed by atoms with E-state index in [0.717, 1.165) is 19.4 Å². The first-order chi connectivity index (χ1) is 11.4. The van der Waals surface area contributed by atoms with Crippen molar-refractivity contribution in [1.82, 2.24) is 14.5 Å². The van der Waals surface area contributed by atoms with Crippen LogP contribution in [-0.4, -0.2) is 62.8 Å². The molecule has 2 rings (SSSR count). The Kier molecular flexibility index (Phi) is 6.77. The Labute approximate surface area is 144 Å². The summed E-state index contributed by atoms with van der Waals surface area (Å²) >= 11 is 0. The highest BCUT2D eigenvalue weighted by Gasteiger charge is 2.28. The van der Waals surface area contributed by atoms with Gasteiger partial charge in [0.25, 0.3) is 0 Å². The van der Waals surface area contributed by atoms with Crippen LogP contribution in [0.15, 0.2) is 29.2 Å². The van der Waals surface area contributed by atoms with Gasteiger partial charge in [0.2, 0.25) is 15.9 Å². The molecule has 1 N–H and O–H groups in total. The number of carbonyl (C=O) groups excluding carboxylic acids is 1. The molecule has 0 bridgehead atoms. The summed E-state index contributed by atoms with van der Waals surface area (Å²) in [5.41, 5.74) is 1.17. The molecule has 0 aromatic heterocycles. The maximum atomic E-state index is 12.7. The van der Waals surface area contributed by atoms with Crippen LogP contribution in [0.3, 0.4) is 0 Å². The van der Waals surface area contributed by atoms with Crippen LogP contribution >= 0.6 is 0 Å². The molecule has 1 aromatic carbocycles. The molecule has 0 spiro atoms. The monoisotopic (exact) mass is 353 g/mol. The molecule has 1 saturated heterocycles. The molecule has 134 valence electrons. The first kappa shape index (κ1) is 18.9. The van der Waals surface area contributed by atoms with Gasteiger partial charge in [0.05, 0.1) is 4.90 Å². The molecular formula is C17H27N3O3S. The van der Waals surface area contributed by atoms with E-state index >= 15 is 0 Å². The maximum absolute atomic E-state index is 12.7. The third kappa shape index (κ3) is 5.03. The fourth-order valence-corrected chi connectivity index (χ4v) is 4.27. The minimum atomic E-state index is -3.41. The van der Waals surface area contributed by atoms with Crippen molar-refractivity contribution in [2.45, 2.75) is 31.6 Å². The lowest BCUT2D eigenvalue weighted by molar-refractivity contribution is -0.119. The fraction of sp³-hybridized carbons (Fsp3) is 0.588. The number of piperazine rings is 1. The highest BCUT2D eigenvalue weighted by molar-refractivity contribution is 7.89. The second-order valence-electron chi connectivity index (χ2n) is 6.12. The molecule has 0 radical (unpaired) electrons. The number of carbonyl (C=O) groups is 1. The van der Waals surface area contributed by atoms with Crippen LogP contribution in [0.2, 0.25) is 0 Å². The van der Waals surface area contributed by atoms with Gasteiger partial charge in [-0.15, -0.1) is 0 Å². The molecule has 1 aromatic rings. The van der Waals surface area contributed by atoms with E-state index in [1.165, 1.54) is 12.5 Å². The summed E-state index contributed by atoms with van der Waals surface area (Å²) < 4.78 is 27.0. The average molecular weight is 353 g/mol. The average Bonchev–Trinajstić information content (AvgIpc) is 2.56. The van der Waals surface area contributed by atoms with Crippen LogP contribution in [0.4, 0.5) is 0 Å². The first-order valence-electron chi connectivity index (χ1n) is 8.49. The van der Waals surface area contributed by atoms with Gasteiger partial charge in [0.15, 0.2) is 0 Å². The van der Waals surface area contributed by atoms with Gasteiger partial charge in [0.1, 0.15) is 0 Å². The topological polar surface area (TPSA) is 69.7 Å². The molecule has 1 aliphatic rings. The van der Waals surface area contributed by atoms with E-state index in [9.17, 15) is 13.2 Å². The van der Waals surface area contributed by atoms with Crippen molar-refractivity contribution in [3.05, 3.63) is 29.8 Å². The van der Waals surface area contributed by atoms with Gasteiger partial charge < -0.3 is 5.32 Å². The summed E-state index contributed by atoms with van der Waals surface area (Å²) in [6.07, 6.45) is 2.01. The lowest BCUT2D eigenvalue weighted by atomic mass is 10.1. The normalized spacial score (nSPS) is 16.9. The van der Waals surface area contributed by atoms with Gasteiger partial charge in [-0.2, -0.15) is 4.31 Å². The number of aryl methyl sites for hydroxylation is 1. The number of hydrogen-bond donors (Lipinski definition) is 1. The number of sulfonamides is 1. The quantitative estimate of drug-likeness (QED) is 0.796. The number of nitrogens with zero attached hydrogens (tertiary/aromatic N) is 2. The van der Waals surface area contributed by atoms with Gasteiger partial charge in [0, 0.05) is 46.2 Å². The van der Waals surface area contributed by atoms with Crippen LogP contribution in [0.1, 0.15) is 25.8 Å². The highest BCUT2D eigenvalue weighted by Crippen LogP contribution is 2.18. The van der Waals surface area contributed by atoms with E-state index in [0.29, 0.717) is 37.6 Å². The number of nitrogens with one attached hydrogen (secondary N) is 1. The van der Waals surface area contributed by atoms with Crippen molar-refractivity contribution in [3.63, 3.8) is 0 Å². The largest absolute Gasteiger partial charge is 0.355 e. The third-order valence-electron chi connectivity index (χ3n) is 4.23. The molecule has 0 saturated carbocycles. The SMILES string of the molecule is CCCc1ccc(S(=O)(=O)N2CCN(CCNC(C)=O)CC2)cc1. The molecule has 0 aliphatic carbocycles. The van der Waals surface area contributed by atoms with Crippen molar-refractivity contribution in [3.8, 4) is 0 Å². The number of amides is 1. The fourth-order valence-electron chi connectivity index (χ4n) is 2.85. The zero-order chi connectivity index (χ0) is 17.6. The Morgan fingerprint density at radius 2 is 1.75 bits per heavy atom. The standard InChI is InChI=1S/C17H27N3O3S/c1-3-4-16-5-7-17(8-6-16)24(22,23)20-13-11-19(12-14-20)10-9-18-15(2)21/h5-8H,3-4,9-14H2,1-2H3,(H,18,21). The van der Waals surface area contributed by atoms with Gasteiger partial charge in [-0.05, 0) is 24.1 Å². The van der Waals surface area contributed by atoms with Crippen LogP contribution in [0, 0.1) is 0 Å². The minimum absolute atomic E-state index is 0.0391. The zero-order valence-corrected chi connectivity index (χ0v) is 15.3. The molecule has 0 atom stereocenters. The minimum Gasteiger partial charge on any atom is -0.355 e.